The lowest BCUT2D eigenvalue weighted by atomic mass is 10.1. The van der Waals surface area contributed by atoms with E-state index in [9.17, 15) is 4.79 Å². The molecule has 2 aromatic carbocycles. The number of aromatic nitrogens is 4. The van der Waals surface area contributed by atoms with Crippen LogP contribution in [0.25, 0.3) is 33.9 Å². The Kier molecular flexibility index (Phi) is 5.21. The third-order valence-electron chi connectivity index (χ3n) is 5.50. The number of carbonyl (C=O) groups is 1. The molecule has 1 amide bonds. The maximum Gasteiger partial charge on any atom is 0.258 e. The van der Waals surface area contributed by atoms with Crippen molar-refractivity contribution in [3.8, 4) is 22.8 Å². The van der Waals surface area contributed by atoms with Gasteiger partial charge < -0.3 is 18.7 Å². The van der Waals surface area contributed by atoms with E-state index in [-0.39, 0.29) is 5.91 Å². The lowest BCUT2D eigenvalue weighted by Gasteiger charge is -2.26. The van der Waals surface area contributed by atoms with Crippen molar-refractivity contribution in [3.63, 3.8) is 0 Å². The van der Waals surface area contributed by atoms with Gasteiger partial charge in [0.25, 0.3) is 5.89 Å². The largest absolute Gasteiger partial charge is 0.378 e. The summed E-state index contributed by atoms with van der Waals surface area (Å²) in [6.45, 7) is 5.18. The SMILES string of the molecule is Cc1cccc(-c2nc(-c3ccc4c(c3)ncn4CCC(=O)N3CCOCC3)no2)c1. The second-order valence-electron chi connectivity index (χ2n) is 7.68. The van der Waals surface area contributed by atoms with Crippen LogP contribution in [0.15, 0.2) is 53.3 Å². The fourth-order valence-corrected chi connectivity index (χ4v) is 3.80. The summed E-state index contributed by atoms with van der Waals surface area (Å²) >= 11 is 0. The Bertz CT molecular complexity index is 1220. The van der Waals surface area contributed by atoms with Gasteiger partial charge in [0.1, 0.15) is 0 Å². The smallest absolute Gasteiger partial charge is 0.258 e. The van der Waals surface area contributed by atoms with Gasteiger partial charge in [-0.3, -0.25) is 4.79 Å². The van der Waals surface area contributed by atoms with E-state index in [1.807, 2.05) is 58.9 Å². The van der Waals surface area contributed by atoms with Gasteiger partial charge in [-0.05, 0) is 37.3 Å². The summed E-state index contributed by atoms with van der Waals surface area (Å²) in [5.41, 5.74) is 4.68. The highest BCUT2D eigenvalue weighted by atomic mass is 16.5. The van der Waals surface area contributed by atoms with Crippen LogP contribution in [0.4, 0.5) is 0 Å². The summed E-state index contributed by atoms with van der Waals surface area (Å²) in [5, 5.41) is 4.14. The van der Waals surface area contributed by atoms with Crippen molar-refractivity contribution in [1.29, 1.82) is 0 Å². The highest BCUT2D eigenvalue weighted by Gasteiger charge is 2.17. The number of aryl methyl sites for hydroxylation is 2. The molecule has 2 aromatic heterocycles. The number of hydrogen-bond donors (Lipinski definition) is 0. The molecule has 0 aliphatic carbocycles. The summed E-state index contributed by atoms with van der Waals surface area (Å²) < 4.78 is 12.8. The molecule has 1 fully saturated rings. The van der Waals surface area contributed by atoms with Crippen LogP contribution in [0.5, 0.6) is 0 Å². The fraction of sp³-hybridized carbons (Fsp3) is 0.304. The highest BCUT2D eigenvalue weighted by molar-refractivity contribution is 5.81. The molecule has 158 valence electrons. The first-order chi connectivity index (χ1) is 15.2. The molecule has 5 rings (SSSR count). The monoisotopic (exact) mass is 417 g/mol. The number of benzene rings is 2. The minimum atomic E-state index is 0.150. The van der Waals surface area contributed by atoms with Crippen molar-refractivity contribution < 1.29 is 14.1 Å². The number of hydrogen-bond acceptors (Lipinski definition) is 6. The molecule has 8 nitrogen and oxygen atoms in total. The molecular weight excluding hydrogens is 394 g/mol. The second kappa shape index (κ2) is 8.31. The number of carbonyl (C=O) groups excluding carboxylic acids is 1. The number of rotatable bonds is 5. The Labute approximate surface area is 179 Å². The van der Waals surface area contributed by atoms with Crippen molar-refractivity contribution in [1.82, 2.24) is 24.6 Å². The van der Waals surface area contributed by atoms with E-state index in [4.69, 9.17) is 9.26 Å². The lowest BCUT2D eigenvalue weighted by Crippen LogP contribution is -2.40. The van der Waals surface area contributed by atoms with Gasteiger partial charge in [-0.25, -0.2) is 4.98 Å². The fourth-order valence-electron chi connectivity index (χ4n) is 3.80. The second-order valence-corrected chi connectivity index (χ2v) is 7.68. The predicted molar refractivity (Wildman–Crippen MR) is 115 cm³/mol. The standard InChI is InChI=1S/C23H23N5O3/c1-16-3-2-4-18(13-16)23-25-22(26-31-23)17-5-6-20-19(14-17)24-15-28(20)8-7-21(29)27-9-11-30-12-10-27/h2-6,13-15H,7-12H2,1H3. The van der Waals surface area contributed by atoms with Gasteiger partial charge in [-0.2, -0.15) is 4.98 Å². The minimum Gasteiger partial charge on any atom is -0.378 e. The Balaban J connectivity index is 1.32. The van der Waals surface area contributed by atoms with Crippen LogP contribution in [0.3, 0.4) is 0 Å². The summed E-state index contributed by atoms with van der Waals surface area (Å²) in [5.74, 6) is 1.17. The maximum absolute atomic E-state index is 12.4. The molecule has 31 heavy (non-hydrogen) atoms. The Morgan fingerprint density at radius 2 is 1.97 bits per heavy atom. The third-order valence-corrected chi connectivity index (χ3v) is 5.50. The zero-order chi connectivity index (χ0) is 21.2. The van der Waals surface area contributed by atoms with Crippen LogP contribution < -0.4 is 0 Å². The summed E-state index contributed by atoms with van der Waals surface area (Å²) in [4.78, 5) is 23.3. The zero-order valence-electron chi connectivity index (χ0n) is 17.3. The van der Waals surface area contributed by atoms with E-state index in [0.717, 1.165) is 27.7 Å². The van der Waals surface area contributed by atoms with E-state index in [0.29, 0.717) is 51.0 Å². The molecule has 0 N–H and O–H groups in total. The molecule has 0 atom stereocenters. The van der Waals surface area contributed by atoms with Crippen LogP contribution in [0, 0.1) is 6.92 Å². The average molecular weight is 417 g/mol. The predicted octanol–water partition coefficient (Wildman–Crippen LogP) is 3.31. The molecule has 1 saturated heterocycles. The number of imidazole rings is 1. The van der Waals surface area contributed by atoms with Gasteiger partial charge in [-0.1, -0.05) is 22.9 Å². The Hall–Kier alpha value is -3.52. The molecule has 0 spiro atoms. The topological polar surface area (TPSA) is 86.3 Å². The number of morpholine rings is 1. The van der Waals surface area contributed by atoms with Crippen LogP contribution in [0.2, 0.25) is 0 Å². The Morgan fingerprint density at radius 1 is 1.10 bits per heavy atom. The first-order valence-corrected chi connectivity index (χ1v) is 10.4. The highest BCUT2D eigenvalue weighted by Crippen LogP contribution is 2.25. The normalized spacial score (nSPS) is 14.3. The van der Waals surface area contributed by atoms with Crippen LogP contribution in [-0.2, 0) is 16.1 Å². The van der Waals surface area contributed by atoms with Crippen molar-refractivity contribution >= 4 is 16.9 Å². The molecule has 4 aromatic rings. The summed E-state index contributed by atoms with van der Waals surface area (Å²) in [6, 6.07) is 13.8. The van der Waals surface area contributed by atoms with Crippen LogP contribution in [0.1, 0.15) is 12.0 Å². The summed E-state index contributed by atoms with van der Waals surface area (Å²) in [7, 11) is 0. The van der Waals surface area contributed by atoms with E-state index >= 15 is 0 Å². The van der Waals surface area contributed by atoms with E-state index < -0.39 is 0 Å². The first kappa shape index (κ1) is 19.4. The van der Waals surface area contributed by atoms with Crippen molar-refractivity contribution in [2.75, 3.05) is 26.3 Å². The van der Waals surface area contributed by atoms with Gasteiger partial charge >= 0.3 is 0 Å². The first-order valence-electron chi connectivity index (χ1n) is 10.4. The van der Waals surface area contributed by atoms with Crippen molar-refractivity contribution in [2.24, 2.45) is 0 Å². The molecule has 0 bridgehead atoms. The third kappa shape index (κ3) is 4.06. The molecule has 0 saturated carbocycles. The van der Waals surface area contributed by atoms with E-state index in [2.05, 4.69) is 15.1 Å². The number of amides is 1. The van der Waals surface area contributed by atoms with Crippen LogP contribution in [-0.4, -0.2) is 56.8 Å². The van der Waals surface area contributed by atoms with Crippen molar-refractivity contribution in [3.05, 3.63) is 54.4 Å². The van der Waals surface area contributed by atoms with Gasteiger partial charge in [0, 0.05) is 37.2 Å². The van der Waals surface area contributed by atoms with Gasteiger partial charge in [0.05, 0.1) is 30.6 Å². The zero-order valence-corrected chi connectivity index (χ0v) is 17.3. The van der Waals surface area contributed by atoms with Crippen LogP contribution >= 0.6 is 0 Å². The molecule has 3 heterocycles. The molecular formula is C23H23N5O3. The molecule has 1 aliphatic rings. The minimum absolute atomic E-state index is 0.150. The quantitative estimate of drug-likeness (QED) is 0.495. The average Bonchev–Trinajstić information content (AvgIpc) is 3.45. The number of nitrogens with zero attached hydrogens (tertiary/aromatic N) is 5. The van der Waals surface area contributed by atoms with Gasteiger partial charge in [0.15, 0.2) is 0 Å². The lowest BCUT2D eigenvalue weighted by molar-refractivity contribution is -0.135. The van der Waals surface area contributed by atoms with Gasteiger partial charge in [0.2, 0.25) is 11.7 Å². The number of fused-ring (bicyclic) bond motifs is 1. The summed E-state index contributed by atoms with van der Waals surface area (Å²) in [6.07, 6.45) is 2.22. The van der Waals surface area contributed by atoms with E-state index in [1.165, 1.54) is 0 Å². The number of ether oxygens (including phenoxy) is 1. The van der Waals surface area contributed by atoms with Crippen molar-refractivity contribution in [2.45, 2.75) is 19.9 Å². The molecule has 0 unspecified atom stereocenters. The molecule has 8 heteroatoms. The van der Waals surface area contributed by atoms with Gasteiger partial charge in [-0.15, -0.1) is 0 Å². The van der Waals surface area contributed by atoms with E-state index in [1.54, 1.807) is 6.33 Å². The molecule has 0 radical (unpaired) electrons. The maximum atomic E-state index is 12.4. The molecule has 1 aliphatic heterocycles. The Morgan fingerprint density at radius 3 is 2.81 bits per heavy atom.